The van der Waals surface area contributed by atoms with Crippen LogP contribution in [0.2, 0.25) is 0 Å². The van der Waals surface area contributed by atoms with Crippen molar-refractivity contribution in [3.05, 3.63) is 48.1 Å². The van der Waals surface area contributed by atoms with Crippen LogP contribution in [0.1, 0.15) is 24.4 Å². The van der Waals surface area contributed by atoms with Crippen LogP contribution in [0, 0.1) is 11.6 Å². The third kappa shape index (κ3) is 3.35. The highest BCUT2D eigenvalue weighted by molar-refractivity contribution is 5.88. The molecule has 0 bridgehead atoms. The Balaban J connectivity index is 2.03. The molecule has 1 aliphatic rings. The van der Waals surface area contributed by atoms with Gasteiger partial charge in [0, 0.05) is 18.1 Å². The zero-order valence-corrected chi connectivity index (χ0v) is 13.4. The zero-order chi connectivity index (χ0) is 18.0. The fourth-order valence-corrected chi connectivity index (χ4v) is 3.07. The summed E-state index contributed by atoms with van der Waals surface area (Å²) in [5.41, 5.74) is 0.0982. The fourth-order valence-electron chi connectivity index (χ4n) is 3.07. The van der Waals surface area contributed by atoms with Crippen LogP contribution in [0.3, 0.4) is 0 Å². The molecule has 0 radical (unpaired) electrons. The molecule has 7 nitrogen and oxygen atoms in total. The molecule has 2 atom stereocenters. The first-order valence-electron chi connectivity index (χ1n) is 7.67. The van der Waals surface area contributed by atoms with Crippen molar-refractivity contribution in [1.82, 2.24) is 19.7 Å². The summed E-state index contributed by atoms with van der Waals surface area (Å²) in [7, 11) is 1.23. The Labute approximate surface area is 142 Å². The van der Waals surface area contributed by atoms with Gasteiger partial charge in [0.1, 0.15) is 30.3 Å². The van der Waals surface area contributed by atoms with Crippen molar-refractivity contribution >= 4 is 11.9 Å². The van der Waals surface area contributed by atoms with Gasteiger partial charge in [0.25, 0.3) is 0 Å². The standard InChI is InChI=1S/C16H16F2N4O3/c1-25-16(24)13-4-5-15(23)22(13)14(7-21-9-19-8-20-21)11-3-2-10(17)6-12(11)18/h2-3,6,8-9,13-14H,4-5,7H2,1H3. The molecule has 2 heterocycles. The second kappa shape index (κ2) is 6.96. The molecule has 0 saturated carbocycles. The Hall–Kier alpha value is -2.84. The Morgan fingerprint density at radius 2 is 2.24 bits per heavy atom. The van der Waals surface area contributed by atoms with Gasteiger partial charge in [0.15, 0.2) is 0 Å². The summed E-state index contributed by atoms with van der Waals surface area (Å²) in [6.07, 6.45) is 3.16. The lowest BCUT2D eigenvalue weighted by atomic mass is 10.0. The summed E-state index contributed by atoms with van der Waals surface area (Å²) in [4.78, 5) is 29.6. The van der Waals surface area contributed by atoms with Crippen LogP contribution < -0.4 is 0 Å². The second-order valence-electron chi connectivity index (χ2n) is 5.68. The summed E-state index contributed by atoms with van der Waals surface area (Å²) in [6, 6.07) is 1.46. The third-order valence-electron chi connectivity index (χ3n) is 4.21. The topological polar surface area (TPSA) is 77.3 Å². The van der Waals surface area contributed by atoms with Gasteiger partial charge in [-0.05, 0) is 12.5 Å². The molecule has 9 heteroatoms. The minimum Gasteiger partial charge on any atom is -0.467 e. The van der Waals surface area contributed by atoms with Gasteiger partial charge in [0.05, 0.1) is 19.7 Å². The first-order valence-corrected chi connectivity index (χ1v) is 7.67. The number of hydrogen-bond donors (Lipinski definition) is 0. The number of rotatable bonds is 5. The monoisotopic (exact) mass is 350 g/mol. The van der Waals surface area contributed by atoms with Gasteiger partial charge in [-0.25, -0.2) is 18.6 Å². The van der Waals surface area contributed by atoms with Gasteiger partial charge in [0.2, 0.25) is 5.91 Å². The van der Waals surface area contributed by atoms with E-state index in [2.05, 4.69) is 10.1 Å². The summed E-state index contributed by atoms with van der Waals surface area (Å²) in [6.45, 7) is 0.0712. The number of nitrogens with zero attached hydrogens (tertiary/aromatic N) is 4. The minimum atomic E-state index is -0.846. The maximum atomic E-state index is 14.4. The minimum absolute atomic E-state index is 0.0712. The summed E-state index contributed by atoms with van der Waals surface area (Å²) < 4.78 is 33.8. The zero-order valence-electron chi connectivity index (χ0n) is 13.4. The van der Waals surface area contributed by atoms with E-state index in [1.165, 1.54) is 35.4 Å². The number of benzene rings is 1. The molecule has 1 saturated heterocycles. The number of amides is 1. The molecule has 25 heavy (non-hydrogen) atoms. The highest BCUT2D eigenvalue weighted by Crippen LogP contribution is 2.33. The van der Waals surface area contributed by atoms with Crippen molar-refractivity contribution in [1.29, 1.82) is 0 Å². The van der Waals surface area contributed by atoms with E-state index in [1.807, 2.05) is 0 Å². The lowest BCUT2D eigenvalue weighted by Crippen LogP contribution is -2.43. The predicted molar refractivity (Wildman–Crippen MR) is 81.0 cm³/mol. The van der Waals surface area contributed by atoms with Crippen molar-refractivity contribution in [3.63, 3.8) is 0 Å². The van der Waals surface area contributed by atoms with Crippen LogP contribution >= 0.6 is 0 Å². The number of ether oxygens (including phenoxy) is 1. The van der Waals surface area contributed by atoms with E-state index in [0.717, 1.165) is 12.1 Å². The van der Waals surface area contributed by atoms with E-state index in [0.29, 0.717) is 0 Å². The molecular formula is C16H16F2N4O3. The van der Waals surface area contributed by atoms with Gasteiger partial charge in [-0.2, -0.15) is 5.10 Å². The molecular weight excluding hydrogens is 334 g/mol. The molecule has 1 aliphatic heterocycles. The maximum Gasteiger partial charge on any atom is 0.328 e. The van der Waals surface area contributed by atoms with Gasteiger partial charge in [-0.15, -0.1) is 0 Å². The smallest absolute Gasteiger partial charge is 0.328 e. The summed E-state index contributed by atoms with van der Waals surface area (Å²) in [5, 5.41) is 3.97. The summed E-state index contributed by atoms with van der Waals surface area (Å²) in [5.74, 6) is -2.40. The van der Waals surface area contributed by atoms with E-state index in [1.54, 1.807) is 0 Å². The Kier molecular flexibility index (Phi) is 4.73. The van der Waals surface area contributed by atoms with Crippen molar-refractivity contribution in [2.45, 2.75) is 31.5 Å². The number of carbonyl (C=O) groups is 2. The largest absolute Gasteiger partial charge is 0.467 e. The molecule has 1 aromatic carbocycles. The first-order chi connectivity index (χ1) is 12.0. The van der Waals surface area contributed by atoms with Crippen molar-refractivity contribution < 1.29 is 23.1 Å². The van der Waals surface area contributed by atoms with Gasteiger partial charge in [-0.1, -0.05) is 6.07 Å². The Morgan fingerprint density at radius 1 is 1.44 bits per heavy atom. The average Bonchev–Trinajstić information content (AvgIpc) is 3.22. The Morgan fingerprint density at radius 3 is 2.88 bits per heavy atom. The first kappa shape index (κ1) is 17.0. The highest BCUT2D eigenvalue weighted by Gasteiger charge is 2.42. The normalized spacial score (nSPS) is 18.4. The van der Waals surface area contributed by atoms with E-state index in [9.17, 15) is 18.4 Å². The maximum absolute atomic E-state index is 14.4. The van der Waals surface area contributed by atoms with E-state index in [-0.39, 0.29) is 30.9 Å². The Bertz CT molecular complexity index is 782. The molecule has 0 N–H and O–H groups in total. The molecule has 1 fully saturated rings. The van der Waals surface area contributed by atoms with E-state index < -0.39 is 29.7 Å². The number of carbonyl (C=O) groups excluding carboxylic acids is 2. The molecule has 1 aromatic heterocycles. The van der Waals surface area contributed by atoms with Crippen LogP contribution in [0.5, 0.6) is 0 Å². The number of hydrogen-bond acceptors (Lipinski definition) is 5. The number of methoxy groups -OCH3 is 1. The van der Waals surface area contributed by atoms with Crippen molar-refractivity contribution in [2.75, 3.05) is 7.11 Å². The number of likely N-dealkylation sites (tertiary alicyclic amines) is 1. The van der Waals surface area contributed by atoms with Gasteiger partial charge >= 0.3 is 5.97 Å². The lowest BCUT2D eigenvalue weighted by Gasteiger charge is -2.32. The van der Waals surface area contributed by atoms with Crippen LogP contribution in [0.15, 0.2) is 30.9 Å². The molecule has 2 aromatic rings. The van der Waals surface area contributed by atoms with Gasteiger partial charge in [-0.3, -0.25) is 9.48 Å². The highest BCUT2D eigenvalue weighted by atomic mass is 19.1. The number of halogens is 2. The molecule has 2 unspecified atom stereocenters. The quantitative estimate of drug-likeness (QED) is 0.763. The average molecular weight is 350 g/mol. The molecule has 3 rings (SSSR count). The molecule has 1 amide bonds. The van der Waals surface area contributed by atoms with E-state index >= 15 is 0 Å². The van der Waals surface area contributed by atoms with Crippen molar-refractivity contribution in [3.8, 4) is 0 Å². The molecule has 0 aliphatic carbocycles. The predicted octanol–water partition coefficient (Wildman–Crippen LogP) is 1.46. The second-order valence-corrected chi connectivity index (χ2v) is 5.68. The van der Waals surface area contributed by atoms with Gasteiger partial charge < -0.3 is 9.64 Å². The van der Waals surface area contributed by atoms with Crippen LogP contribution in [-0.4, -0.2) is 44.7 Å². The molecule has 0 spiro atoms. The number of aromatic nitrogens is 3. The van der Waals surface area contributed by atoms with Crippen LogP contribution in [-0.2, 0) is 20.9 Å². The SMILES string of the molecule is COC(=O)C1CCC(=O)N1C(Cn1cncn1)c1ccc(F)cc1F. The van der Waals surface area contributed by atoms with Crippen molar-refractivity contribution in [2.24, 2.45) is 0 Å². The number of esters is 1. The van der Waals surface area contributed by atoms with E-state index in [4.69, 9.17) is 4.74 Å². The van der Waals surface area contributed by atoms with Crippen LogP contribution in [0.4, 0.5) is 8.78 Å². The molecule has 132 valence electrons. The van der Waals surface area contributed by atoms with Crippen LogP contribution in [0.25, 0.3) is 0 Å². The fraction of sp³-hybridized carbons (Fsp3) is 0.375. The lowest BCUT2D eigenvalue weighted by molar-refractivity contribution is -0.151. The third-order valence-corrected chi connectivity index (χ3v) is 4.21. The summed E-state index contributed by atoms with van der Waals surface area (Å²) >= 11 is 0.